The molecule has 1 aromatic heterocycles. The van der Waals surface area contributed by atoms with Crippen molar-refractivity contribution in [3.8, 4) is 0 Å². The normalized spacial score (nSPS) is 22.3. The van der Waals surface area contributed by atoms with E-state index in [-0.39, 0.29) is 17.0 Å². The van der Waals surface area contributed by atoms with Crippen molar-refractivity contribution in [1.29, 1.82) is 0 Å². The standard InChI is InChI=1S/C13H22N4O3S/c14-7-13(10-1-2-10)16-21(18,19)12-8-15-17(9-12)11-3-5-20-6-4-11/h8-11,13,16H,1-7,14H2. The second-order valence-corrected chi connectivity index (χ2v) is 7.51. The average Bonchev–Trinajstić information content (AvgIpc) is 3.21. The van der Waals surface area contributed by atoms with Crippen LogP contribution in [-0.2, 0) is 14.8 Å². The second kappa shape index (κ2) is 6.04. The zero-order valence-electron chi connectivity index (χ0n) is 11.9. The molecule has 1 saturated heterocycles. The van der Waals surface area contributed by atoms with Gasteiger partial charge in [-0.05, 0) is 31.6 Å². The van der Waals surface area contributed by atoms with Crippen LogP contribution in [0, 0.1) is 5.92 Å². The first kappa shape index (κ1) is 15.0. The summed E-state index contributed by atoms with van der Waals surface area (Å²) in [4.78, 5) is 0.216. The van der Waals surface area contributed by atoms with E-state index < -0.39 is 10.0 Å². The van der Waals surface area contributed by atoms with Crippen LogP contribution in [0.1, 0.15) is 31.7 Å². The van der Waals surface area contributed by atoms with Gasteiger partial charge in [-0.2, -0.15) is 5.10 Å². The second-order valence-electron chi connectivity index (χ2n) is 5.80. The van der Waals surface area contributed by atoms with Gasteiger partial charge in [-0.3, -0.25) is 4.68 Å². The molecule has 0 spiro atoms. The van der Waals surface area contributed by atoms with Crippen LogP contribution in [0.3, 0.4) is 0 Å². The van der Waals surface area contributed by atoms with Crippen molar-refractivity contribution < 1.29 is 13.2 Å². The van der Waals surface area contributed by atoms with E-state index in [0.717, 1.165) is 25.7 Å². The van der Waals surface area contributed by atoms with Gasteiger partial charge in [0.25, 0.3) is 0 Å². The molecule has 0 amide bonds. The zero-order chi connectivity index (χ0) is 14.9. The van der Waals surface area contributed by atoms with E-state index in [2.05, 4.69) is 9.82 Å². The van der Waals surface area contributed by atoms with Crippen molar-refractivity contribution in [2.24, 2.45) is 11.7 Å². The predicted molar refractivity (Wildman–Crippen MR) is 77.2 cm³/mol. The van der Waals surface area contributed by atoms with E-state index in [1.54, 1.807) is 10.9 Å². The number of sulfonamides is 1. The van der Waals surface area contributed by atoms with Gasteiger partial charge in [0, 0.05) is 32.0 Å². The Hall–Kier alpha value is -0.960. The van der Waals surface area contributed by atoms with Crippen LogP contribution in [0.25, 0.3) is 0 Å². The molecule has 1 unspecified atom stereocenters. The molecule has 1 aromatic rings. The first-order valence-electron chi connectivity index (χ1n) is 7.44. The summed E-state index contributed by atoms with van der Waals surface area (Å²) in [6, 6.07) is 0.0536. The summed E-state index contributed by atoms with van der Waals surface area (Å²) in [7, 11) is -3.54. The maximum Gasteiger partial charge on any atom is 0.243 e. The van der Waals surface area contributed by atoms with E-state index in [9.17, 15) is 8.42 Å². The van der Waals surface area contributed by atoms with Crippen molar-refractivity contribution in [2.45, 2.75) is 42.7 Å². The average molecular weight is 314 g/mol. The van der Waals surface area contributed by atoms with E-state index in [1.807, 2.05) is 0 Å². The van der Waals surface area contributed by atoms with Crippen LogP contribution in [0.5, 0.6) is 0 Å². The van der Waals surface area contributed by atoms with Crippen molar-refractivity contribution in [3.05, 3.63) is 12.4 Å². The molecule has 1 atom stereocenters. The molecule has 1 aliphatic heterocycles. The lowest BCUT2D eigenvalue weighted by atomic mass is 10.1. The lowest BCUT2D eigenvalue weighted by Gasteiger charge is -2.22. The van der Waals surface area contributed by atoms with Crippen LogP contribution in [0.2, 0.25) is 0 Å². The quantitative estimate of drug-likeness (QED) is 0.784. The van der Waals surface area contributed by atoms with Gasteiger partial charge in [-0.15, -0.1) is 0 Å². The summed E-state index contributed by atoms with van der Waals surface area (Å²) in [5, 5.41) is 4.21. The van der Waals surface area contributed by atoms with Gasteiger partial charge in [0.15, 0.2) is 0 Å². The Balaban J connectivity index is 1.71. The lowest BCUT2D eigenvalue weighted by Crippen LogP contribution is -2.41. The summed E-state index contributed by atoms with van der Waals surface area (Å²) >= 11 is 0. The number of rotatable bonds is 6. The smallest absolute Gasteiger partial charge is 0.243 e. The summed E-state index contributed by atoms with van der Waals surface area (Å²) in [6.07, 6.45) is 6.85. The molecule has 21 heavy (non-hydrogen) atoms. The Kier molecular flexibility index (Phi) is 4.30. The van der Waals surface area contributed by atoms with Crippen molar-refractivity contribution in [1.82, 2.24) is 14.5 Å². The number of nitrogens with two attached hydrogens (primary N) is 1. The van der Waals surface area contributed by atoms with Crippen LogP contribution in [-0.4, -0.2) is 44.0 Å². The highest BCUT2D eigenvalue weighted by atomic mass is 32.2. The van der Waals surface area contributed by atoms with E-state index >= 15 is 0 Å². The Morgan fingerprint density at radius 2 is 2.10 bits per heavy atom. The Labute approximate surface area is 124 Å². The molecule has 3 N–H and O–H groups in total. The number of nitrogens with zero attached hydrogens (tertiary/aromatic N) is 2. The molecule has 0 aromatic carbocycles. The minimum Gasteiger partial charge on any atom is -0.381 e. The Morgan fingerprint density at radius 3 is 2.71 bits per heavy atom. The molecule has 2 fully saturated rings. The van der Waals surface area contributed by atoms with Gasteiger partial charge in [-0.25, -0.2) is 13.1 Å². The fourth-order valence-corrected chi connectivity index (χ4v) is 3.97. The molecule has 0 radical (unpaired) electrons. The maximum absolute atomic E-state index is 12.4. The van der Waals surface area contributed by atoms with E-state index in [1.165, 1.54) is 6.20 Å². The third kappa shape index (κ3) is 3.45. The monoisotopic (exact) mass is 314 g/mol. The molecule has 2 aliphatic rings. The highest BCUT2D eigenvalue weighted by Crippen LogP contribution is 2.33. The summed E-state index contributed by atoms with van der Waals surface area (Å²) in [6.45, 7) is 1.72. The van der Waals surface area contributed by atoms with Crippen molar-refractivity contribution in [2.75, 3.05) is 19.8 Å². The molecular formula is C13H22N4O3S. The van der Waals surface area contributed by atoms with Crippen LogP contribution >= 0.6 is 0 Å². The summed E-state index contributed by atoms with van der Waals surface area (Å²) in [5.74, 6) is 0.385. The van der Waals surface area contributed by atoms with Crippen LogP contribution < -0.4 is 10.5 Å². The maximum atomic E-state index is 12.4. The molecule has 3 rings (SSSR count). The van der Waals surface area contributed by atoms with Gasteiger partial charge >= 0.3 is 0 Å². The van der Waals surface area contributed by atoms with Crippen LogP contribution in [0.4, 0.5) is 0 Å². The molecule has 7 nitrogen and oxygen atoms in total. The summed E-state index contributed by atoms with van der Waals surface area (Å²) < 4.78 is 34.5. The van der Waals surface area contributed by atoms with Crippen molar-refractivity contribution >= 4 is 10.0 Å². The van der Waals surface area contributed by atoms with Gasteiger partial charge < -0.3 is 10.5 Å². The van der Waals surface area contributed by atoms with Crippen molar-refractivity contribution in [3.63, 3.8) is 0 Å². The Bertz CT molecular complexity index is 576. The molecule has 0 bridgehead atoms. The van der Waals surface area contributed by atoms with E-state index in [4.69, 9.17) is 10.5 Å². The largest absolute Gasteiger partial charge is 0.381 e. The highest BCUT2D eigenvalue weighted by molar-refractivity contribution is 7.89. The number of ether oxygens (including phenoxy) is 1. The third-order valence-corrected chi connectivity index (χ3v) is 5.65. The first-order valence-corrected chi connectivity index (χ1v) is 8.93. The lowest BCUT2D eigenvalue weighted by molar-refractivity contribution is 0.0662. The molecule has 1 saturated carbocycles. The Morgan fingerprint density at radius 1 is 1.38 bits per heavy atom. The summed E-state index contributed by atoms with van der Waals surface area (Å²) in [5.41, 5.74) is 5.66. The van der Waals surface area contributed by atoms with Gasteiger partial charge in [-0.1, -0.05) is 0 Å². The van der Waals surface area contributed by atoms with Gasteiger partial charge in [0.1, 0.15) is 4.90 Å². The first-order chi connectivity index (χ1) is 10.1. The fourth-order valence-electron chi connectivity index (χ4n) is 2.71. The molecule has 118 valence electrons. The number of aromatic nitrogens is 2. The number of hydrogen-bond donors (Lipinski definition) is 2. The minimum absolute atomic E-state index is 0.165. The highest BCUT2D eigenvalue weighted by Gasteiger charge is 2.34. The van der Waals surface area contributed by atoms with Gasteiger partial charge in [0.05, 0.1) is 12.2 Å². The predicted octanol–water partition coefficient (Wildman–Crippen LogP) is 0.250. The molecule has 1 aliphatic carbocycles. The third-order valence-electron chi connectivity index (χ3n) is 4.20. The topological polar surface area (TPSA) is 99.2 Å². The number of nitrogens with one attached hydrogen (secondary N) is 1. The molecule has 8 heteroatoms. The number of hydrogen-bond acceptors (Lipinski definition) is 5. The molecule has 2 heterocycles. The SMILES string of the molecule is NCC(NS(=O)(=O)c1cnn(C2CCOCC2)c1)C1CC1. The van der Waals surface area contributed by atoms with Crippen LogP contribution in [0.15, 0.2) is 17.3 Å². The molecular weight excluding hydrogens is 292 g/mol. The van der Waals surface area contributed by atoms with E-state index in [0.29, 0.717) is 25.7 Å². The fraction of sp³-hybridized carbons (Fsp3) is 0.769. The zero-order valence-corrected chi connectivity index (χ0v) is 12.8. The minimum atomic E-state index is -3.54. The van der Waals surface area contributed by atoms with Gasteiger partial charge in [0.2, 0.25) is 10.0 Å².